The number of fused-ring (bicyclic) bond motifs is 3. The van der Waals surface area contributed by atoms with Crippen molar-refractivity contribution in [2.75, 3.05) is 13.1 Å². The van der Waals surface area contributed by atoms with Crippen LogP contribution in [0, 0.1) is 0 Å². The summed E-state index contributed by atoms with van der Waals surface area (Å²) in [6, 6.07) is 0. The zero-order chi connectivity index (χ0) is 16.3. The number of nitrogens with zero attached hydrogens (tertiary/aromatic N) is 3. The number of aromatic nitrogens is 2. The van der Waals surface area contributed by atoms with Gasteiger partial charge in [0.05, 0.1) is 5.70 Å². The Kier molecular flexibility index (Phi) is 2.94. The molecule has 0 amide bonds. The molecule has 1 aromatic rings. The van der Waals surface area contributed by atoms with Crippen molar-refractivity contribution in [3.05, 3.63) is 28.5 Å². The molecule has 1 saturated heterocycles. The first-order valence-electron chi connectivity index (χ1n) is 7.82. The summed E-state index contributed by atoms with van der Waals surface area (Å²) >= 11 is 0. The molecule has 7 heteroatoms. The fourth-order valence-corrected chi connectivity index (χ4v) is 3.43. The number of rotatable bonds is 2. The topological polar surface area (TPSA) is 81.3 Å². The van der Waals surface area contributed by atoms with E-state index in [2.05, 4.69) is 4.98 Å². The van der Waals surface area contributed by atoms with Crippen molar-refractivity contribution in [3.8, 4) is 0 Å². The SMILES string of the molecule is CC(=O)OC1CCCn2c1nc1c2C(=O)C(C)=C(N2CC2)C1=O. The summed E-state index contributed by atoms with van der Waals surface area (Å²) < 4.78 is 7.07. The molecule has 0 bridgehead atoms. The molecule has 23 heavy (non-hydrogen) atoms. The Morgan fingerprint density at radius 1 is 1.22 bits per heavy atom. The lowest BCUT2D eigenvalue weighted by Gasteiger charge is -2.24. The molecule has 3 aliphatic rings. The van der Waals surface area contributed by atoms with Crippen LogP contribution in [0.1, 0.15) is 59.6 Å². The van der Waals surface area contributed by atoms with E-state index < -0.39 is 6.10 Å². The average Bonchev–Trinajstić information content (AvgIpc) is 3.24. The van der Waals surface area contributed by atoms with Gasteiger partial charge in [0, 0.05) is 32.1 Å². The van der Waals surface area contributed by atoms with Gasteiger partial charge in [0.15, 0.2) is 11.9 Å². The molecule has 1 unspecified atom stereocenters. The number of hydrogen-bond donors (Lipinski definition) is 0. The maximum atomic E-state index is 12.8. The third-order valence-electron chi connectivity index (χ3n) is 4.55. The van der Waals surface area contributed by atoms with Crippen LogP contribution in [-0.4, -0.2) is 45.1 Å². The highest BCUT2D eigenvalue weighted by Crippen LogP contribution is 2.36. The van der Waals surface area contributed by atoms with E-state index in [9.17, 15) is 14.4 Å². The van der Waals surface area contributed by atoms with Crippen LogP contribution in [0.3, 0.4) is 0 Å². The Morgan fingerprint density at radius 3 is 2.61 bits per heavy atom. The fraction of sp³-hybridized carbons (Fsp3) is 0.500. The maximum absolute atomic E-state index is 12.8. The summed E-state index contributed by atoms with van der Waals surface area (Å²) in [6.45, 7) is 5.25. The van der Waals surface area contributed by atoms with Gasteiger partial charge in [-0.3, -0.25) is 14.4 Å². The van der Waals surface area contributed by atoms with Crippen LogP contribution in [0.5, 0.6) is 0 Å². The lowest BCUT2D eigenvalue weighted by atomic mass is 9.95. The van der Waals surface area contributed by atoms with Gasteiger partial charge in [0.2, 0.25) is 11.6 Å². The van der Waals surface area contributed by atoms with Gasteiger partial charge < -0.3 is 14.2 Å². The lowest BCUT2D eigenvalue weighted by molar-refractivity contribution is -0.148. The van der Waals surface area contributed by atoms with Crippen LogP contribution in [0.4, 0.5) is 0 Å². The first kappa shape index (κ1) is 14.2. The van der Waals surface area contributed by atoms with E-state index in [-0.39, 0.29) is 23.2 Å². The molecule has 0 saturated carbocycles. The summed E-state index contributed by atoms with van der Waals surface area (Å²) in [5.74, 6) is -0.221. The predicted molar refractivity (Wildman–Crippen MR) is 78.9 cm³/mol. The number of carbonyl (C=O) groups is 3. The largest absolute Gasteiger partial charge is 0.454 e. The molecule has 1 aromatic heterocycles. The van der Waals surface area contributed by atoms with Gasteiger partial charge in [-0.05, 0) is 19.8 Å². The molecule has 0 spiro atoms. The van der Waals surface area contributed by atoms with Crippen LogP contribution >= 0.6 is 0 Å². The van der Waals surface area contributed by atoms with Crippen molar-refractivity contribution in [1.29, 1.82) is 0 Å². The van der Waals surface area contributed by atoms with Gasteiger partial charge in [-0.2, -0.15) is 0 Å². The van der Waals surface area contributed by atoms with E-state index >= 15 is 0 Å². The van der Waals surface area contributed by atoms with Crippen molar-refractivity contribution >= 4 is 17.5 Å². The van der Waals surface area contributed by atoms with Crippen LogP contribution in [-0.2, 0) is 16.1 Å². The summed E-state index contributed by atoms with van der Waals surface area (Å²) in [5, 5.41) is 0. The third kappa shape index (κ3) is 2.03. The van der Waals surface area contributed by atoms with Gasteiger partial charge in [0.25, 0.3) is 0 Å². The number of carbonyl (C=O) groups excluding carboxylic acids is 3. The second kappa shape index (κ2) is 4.78. The average molecular weight is 315 g/mol. The molecule has 3 heterocycles. The molecule has 1 aliphatic carbocycles. The number of ether oxygens (including phenoxy) is 1. The van der Waals surface area contributed by atoms with Gasteiger partial charge in [-0.25, -0.2) is 4.98 Å². The summed E-state index contributed by atoms with van der Waals surface area (Å²) in [4.78, 5) is 43.1. The lowest BCUT2D eigenvalue weighted by Crippen LogP contribution is -2.27. The molecule has 0 N–H and O–H groups in total. The van der Waals surface area contributed by atoms with Crippen LogP contribution in [0.15, 0.2) is 11.3 Å². The fourth-order valence-electron chi connectivity index (χ4n) is 3.43. The minimum atomic E-state index is -0.488. The predicted octanol–water partition coefficient (Wildman–Crippen LogP) is 1.25. The smallest absolute Gasteiger partial charge is 0.303 e. The molecular weight excluding hydrogens is 298 g/mol. The number of imidazole rings is 1. The van der Waals surface area contributed by atoms with Gasteiger partial charge in [-0.15, -0.1) is 0 Å². The summed E-state index contributed by atoms with van der Waals surface area (Å²) in [5.41, 5.74) is 1.51. The molecule has 7 nitrogen and oxygen atoms in total. The number of ketones is 2. The molecule has 0 radical (unpaired) electrons. The maximum Gasteiger partial charge on any atom is 0.303 e. The van der Waals surface area contributed by atoms with Crippen molar-refractivity contribution in [2.45, 2.75) is 39.3 Å². The normalized spacial score (nSPS) is 22.9. The molecule has 0 aromatic carbocycles. The zero-order valence-corrected chi connectivity index (χ0v) is 13.1. The van der Waals surface area contributed by atoms with Gasteiger partial charge >= 0.3 is 5.97 Å². The first-order valence-corrected chi connectivity index (χ1v) is 7.82. The Labute approximate surface area is 132 Å². The van der Waals surface area contributed by atoms with Gasteiger partial charge in [0.1, 0.15) is 11.4 Å². The molecule has 120 valence electrons. The summed E-state index contributed by atoms with van der Waals surface area (Å²) in [6.07, 6.45) is 0.942. The molecule has 4 rings (SSSR count). The minimum absolute atomic E-state index is 0.149. The third-order valence-corrected chi connectivity index (χ3v) is 4.55. The Morgan fingerprint density at radius 2 is 1.96 bits per heavy atom. The van der Waals surface area contributed by atoms with E-state index in [1.165, 1.54) is 6.92 Å². The Balaban J connectivity index is 1.83. The van der Waals surface area contributed by atoms with E-state index in [1.54, 1.807) is 11.5 Å². The van der Waals surface area contributed by atoms with Crippen molar-refractivity contribution in [3.63, 3.8) is 0 Å². The number of hydrogen-bond acceptors (Lipinski definition) is 6. The first-order chi connectivity index (χ1) is 11.0. The molecule has 2 aliphatic heterocycles. The highest BCUT2D eigenvalue weighted by molar-refractivity contribution is 6.25. The zero-order valence-electron chi connectivity index (χ0n) is 13.1. The van der Waals surface area contributed by atoms with Crippen LogP contribution in [0.2, 0.25) is 0 Å². The summed E-state index contributed by atoms with van der Waals surface area (Å²) in [7, 11) is 0. The van der Waals surface area contributed by atoms with E-state index in [0.717, 1.165) is 19.5 Å². The standard InChI is InChI=1S/C16H17N3O4/c1-8-12(18-6-7-18)15(22)11-13(14(8)21)19-5-3-4-10(16(19)17-11)23-9(2)20/h10H,3-7H2,1-2H3. The van der Waals surface area contributed by atoms with Crippen molar-refractivity contribution in [2.24, 2.45) is 0 Å². The number of esters is 1. The minimum Gasteiger partial charge on any atom is -0.454 e. The Hall–Kier alpha value is -2.44. The number of Topliss-reactive ketones (excluding diaryl/α,β-unsaturated/α-hetero) is 2. The van der Waals surface area contributed by atoms with Gasteiger partial charge in [-0.1, -0.05) is 0 Å². The van der Waals surface area contributed by atoms with Crippen molar-refractivity contribution in [1.82, 2.24) is 14.5 Å². The highest BCUT2D eigenvalue weighted by Gasteiger charge is 2.42. The quantitative estimate of drug-likeness (QED) is 0.603. The monoisotopic (exact) mass is 315 g/mol. The van der Waals surface area contributed by atoms with Crippen LogP contribution < -0.4 is 0 Å². The highest BCUT2D eigenvalue weighted by atomic mass is 16.5. The Bertz CT molecular complexity index is 785. The molecular formula is C16H17N3O4. The van der Waals surface area contributed by atoms with E-state index in [1.807, 2.05) is 4.90 Å². The van der Waals surface area contributed by atoms with E-state index in [4.69, 9.17) is 4.74 Å². The van der Waals surface area contributed by atoms with E-state index in [0.29, 0.717) is 35.8 Å². The molecule has 1 atom stereocenters. The van der Waals surface area contributed by atoms with Crippen LogP contribution in [0.25, 0.3) is 0 Å². The second-order valence-electron chi connectivity index (χ2n) is 6.18. The second-order valence-corrected chi connectivity index (χ2v) is 6.18. The number of allylic oxidation sites excluding steroid dienone is 2. The molecule has 1 fully saturated rings. The van der Waals surface area contributed by atoms with Crippen molar-refractivity contribution < 1.29 is 19.1 Å².